The van der Waals surface area contributed by atoms with Crippen molar-refractivity contribution in [2.24, 2.45) is 0 Å². The fourth-order valence-corrected chi connectivity index (χ4v) is 1.92. The number of ether oxygens (including phenoxy) is 1. The largest absolute Gasteiger partial charge is 0.485 e. The van der Waals surface area contributed by atoms with Gasteiger partial charge in [-0.25, -0.2) is 0 Å². The van der Waals surface area contributed by atoms with Crippen LogP contribution in [0.25, 0.3) is 0 Å². The summed E-state index contributed by atoms with van der Waals surface area (Å²) in [7, 11) is 0. The lowest BCUT2D eigenvalue weighted by Gasteiger charge is -2.13. The molecule has 2 amide bonds. The van der Waals surface area contributed by atoms with Crippen LogP contribution in [0, 0.1) is 6.92 Å². The first-order valence-electron chi connectivity index (χ1n) is 7.60. The maximum absolute atomic E-state index is 12.1. The number of hydrogen-bond acceptors (Lipinski definition) is 6. The molecule has 0 saturated carbocycles. The number of hydrogen-bond donors (Lipinski definition) is 2. The molecule has 1 heterocycles. The topological polar surface area (TPSA) is 106 Å². The molecule has 0 saturated heterocycles. The van der Waals surface area contributed by atoms with Crippen molar-refractivity contribution in [3.05, 3.63) is 41.5 Å². The van der Waals surface area contributed by atoms with Crippen molar-refractivity contribution in [2.45, 2.75) is 33.4 Å². The van der Waals surface area contributed by atoms with E-state index in [-0.39, 0.29) is 18.4 Å². The van der Waals surface area contributed by atoms with Crippen LogP contribution in [0.5, 0.6) is 5.75 Å². The minimum atomic E-state index is -0.602. The first kappa shape index (κ1) is 17.5. The molecule has 1 aromatic carbocycles. The van der Waals surface area contributed by atoms with Gasteiger partial charge in [-0.15, -0.1) is 0 Å². The molecular weight excluding hydrogens is 312 g/mol. The number of carbonyl (C=O) groups excluding carboxylic acids is 2. The molecule has 2 N–H and O–H groups in total. The molecule has 1 aromatic heterocycles. The highest BCUT2D eigenvalue weighted by Gasteiger charge is 2.15. The molecule has 0 radical (unpaired) electrons. The summed E-state index contributed by atoms with van der Waals surface area (Å²) in [5.74, 6) is 0.952. The van der Waals surface area contributed by atoms with E-state index < -0.39 is 6.04 Å². The fraction of sp³-hybridized carbons (Fsp3) is 0.375. The molecule has 128 valence electrons. The average molecular weight is 332 g/mol. The third-order valence-electron chi connectivity index (χ3n) is 3.15. The highest BCUT2D eigenvalue weighted by molar-refractivity contribution is 5.97. The van der Waals surface area contributed by atoms with E-state index >= 15 is 0 Å². The Morgan fingerprint density at radius 1 is 1.29 bits per heavy atom. The van der Waals surface area contributed by atoms with Gasteiger partial charge in [-0.1, -0.05) is 5.16 Å². The van der Waals surface area contributed by atoms with E-state index in [1.54, 1.807) is 38.1 Å². The second-order valence-electron chi connectivity index (χ2n) is 5.13. The summed E-state index contributed by atoms with van der Waals surface area (Å²) in [4.78, 5) is 27.7. The molecule has 2 rings (SSSR count). The second-order valence-corrected chi connectivity index (χ2v) is 5.13. The van der Waals surface area contributed by atoms with Crippen molar-refractivity contribution < 1.29 is 18.8 Å². The van der Waals surface area contributed by atoms with Crippen molar-refractivity contribution in [1.82, 2.24) is 20.8 Å². The fourth-order valence-electron chi connectivity index (χ4n) is 1.92. The Bertz CT molecular complexity index is 696. The minimum absolute atomic E-state index is 0.178. The Labute approximate surface area is 139 Å². The summed E-state index contributed by atoms with van der Waals surface area (Å²) >= 11 is 0. The Hall–Kier alpha value is -2.90. The van der Waals surface area contributed by atoms with Gasteiger partial charge in [0, 0.05) is 19.0 Å². The van der Waals surface area contributed by atoms with Gasteiger partial charge in [0.15, 0.2) is 6.61 Å². The van der Waals surface area contributed by atoms with Gasteiger partial charge in [-0.3, -0.25) is 9.59 Å². The zero-order valence-corrected chi connectivity index (χ0v) is 13.8. The molecule has 0 aliphatic heterocycles. The quantitative estimate of drug-likeness (QED) is 0.789. The Balaban J connectivity index is 1.88. The van der Waals surface area contributed by atoms with Gasteiger partial charge in [0.1, 0.15) is 11.8 Å². The van der Waals surface area contributed by atoms with E-state index in [4.69, 9.17) is 9.26 Å². The molecule has 1 atom stereocenters. The maximum atomic E-state index is 12.1. The molecule has 0 aliphatic carbocycles. The Kier molecular flexibility index (Phi) is 5.89. The van der Waals surface area contributed by atoms with E-state index in [9.17, 15) is 9.59 Å². The molecule has 0 aliphatic rings. The van der Waals surface area contributed by atoms with Crippen LogP contribution < -0.4 is 15.4 Å². The van der Waals surface area contributed by atoms with Crippen molar-refractivity contribution in [1.29, 1.82) is 0 Å². The number of aryl methyl sites for hydroxylation is 1. The van der Waals surface area contributed by atoms with Crippen molar-refractivity contribution in [3.8, 4) is 5.75 Å². The molecule has 2 aromatic rings. The summed E-state index contributed by atoms with van der Waals surface area (Å²) in [5.41, 5.74) is 0.439. The zero-order valence-electron chi connectivity index (χ0n) is 13.8. The number of aromatic nitrogens is 2. The Morgan fingerprint density at radius 3 is 2.58 bits per heavy atom. The normalized spacial score (nSPS) is 11.6. The van der Waals surface area contributed by atoms with E-state index in [0.717, 1.165) is 0 Å². The molecule has 1 unspecified atom stereocenters. The summed E-state index contributed by atoms with van der Waals surface area (Å²) in [5, 5.41) is 9.02. The number of benzene rings is 1. The molecular formula is C16H20N4O4. The molecule has 24 heavy (non-hydrogen) atoms. The summed E-state index contributed by atoms with van der Waals surface area (Å²) in [6.45, 7) is 5.85. The SMILES string of the molecule is CCNC(=O)C(C)NC(=O)c1ccc(OCc2noc(C)n2)cc1. The monoisotopic (exact) mass is 332 g/mol. The van der Waals surface area contributed by atoms with Crippen molar-refractivity contribution >= 4 is 11.8 Å². The number of likely N-dealkylation sites (N-methyl/N-ethyl adjacent to an activating group) is 1. The van der Waals surface area contributed by atoms with Crippen LogP contribution in [0.15, 0.2) is 28.8 Å². The number of rotatable bonds is 7. The zero-order chi connectivity index (χ0) is 17.5. The van der Waals surface area contributed by atoms with Gasteiger partial charge in [-0.2, -0.15) is 4.98 Å². The summed E-state index contributed by atoms with van der Waals surface area (Å²) < 4.78 is 10.4. The van der Waals surface area contributed by atoms with Crippen LogP contribution in [-0.2, 0) is 11.4 Å². The molecule has 0 spiro atoms. The predicted molar refractivity (Wildman–Crippen MR) is 85.4 cm³/mol. The van der Waals surface area contributed by atoms with Crippen LogP contribution in [-0.4, -0.2) is 34.5 Å². The second kappa shape index (κ2) is 8.09. The number of nitrogens with one attached hydrogen (secondary N) is 2. The van der Waals surface area contributed by atoms with E-state index in [2.05, 4.69) is 20.8 Å². The highest BCUT2D eigenvalue weighted by atomic mass is 16.5. The smallest absolute Gasteiger partial charge is 0.251 e. The summed E-state index contributed by atoms with van der Waals surface area (Å²) in [6, 6.07) is 5.97. The number of nitrogens with zero attached hydrogens (tertiary/aromatic N) is 2. The van der Waals surface area contributed by atoms with Crippen LogP contribution in [0.3, 0.4) is 0 Å². The summed E-state index contributed by atoms with van der Waals surface area (Å²) in [6.07, 6.45) is 0. The third kappa shape index (κ3) is 4.80. The highest BCUT2D eigenvalue weighted by Crippen LogP contribution is 2.13. The van der Waals surface area contributed by atoms with E-state index in [1.807, 2.05) is 6.92 Å². The molecule has 0 fully saturated rings. The van der Waals surface area contributed by atoms with Crippen LogP contribution >= 0.6 is 0 Å². The first-order chi connectivity index (χ1) is 11.5. The molecule has 0 bridgehead atoms. The maximum Gasteiger partial charge on any atom is 0.251 e. The number of amides is 2. The lowest BCUT2D eigenvalue weighted by atomic mass is 10.2. The molecule has 8 heteroatoms. The third-order valence-corrected chi connectivity index (χ3v) is 3.15. The van der Waals surface area contributed by atoms with Crippen molar-refractivity contribution in [2.75, 3.05) is 6.54 Å². The van der Waals surface area contributed by atoms with Crippen molar-refractivity contribution in [3.63, 3.8) is 0 Å². The Morgan fingerprint density at radius 2 is 2.00 bits per heavy atom. The van der Waals surface area contributed by atoms with E-state index in [0.29, 0.717) is 29.6 Å². The van der Waals surface area contributed by atoms with Gasteiger partial charge < -0.3 is 19.9 Å². The van der Waals surface area contributed by atoms with Crippen LogP contribution in [0.4, 0.5) is 0 Å². The van der Waals surface area contributed by atoms with Gasteiger partial charge in [0.2, 0.25) is 17.6 Å². The minimum Gasteiger partial charge on any atom is -0.485 e. The van der Waals surface area contributed by atoms with Crippen LogP contribution in [0.1, 0.15) is 35.9 Å². The standard InChI is InChI=1S/C16H20N4O4/c1-4-17-15(21)10(2)18-16(22)12-5-7-13(8-6-12)23-9-14-19-11(3)24-20-14/h5-8,10H,4,9H2,1-3H3,(H,17,21)(H,18,22). The lowest BCUT2D eigenvalue weighted by molar-refractivity contribution is -0.122. The van der Waals surface area contributed by atoms with Gasteiger partial charge in [-0.05, 0) is 38.1 Å². The number of carbonyl (C=O) groups is 2. The van der Waals surface area contributed by atoms with Gasteiger partial charge >= 0.3 is 0 Å². The average Bonchev–Trinajstić information content (AvgIpc) is 2.99. The van der Waals surface area contributed by atoms with E-state index in [1.165, 1.54) is 0 Å². The predicted octanol–water partition coefficient (Wildman–Crippen LogP) is 1.21. The lowest BCUT2D eigenvalue weighted by Crippen LogP contribution is -2.44. The van der Waals surface area contributed by atoms with Crippen LogP contribution in [0.2, 0.25) is 0 Å². The first-order valence-corrected chi connectivity index (χ1v) is 7.60. The molecule has 8 nitrogen and oxygen atoms in total. The van der Waals surface area contributed by atoms with Gasteiger partial charge in [0.25, 0.3) is 5.91 Å². The van der Waals surface area contributed by atoms with Gasteiger partial charge in [0.05, 0.1) is 0 Å².